The van der Waals surface area contributed by atoms with Gasteiger partial charge in [0.25, 0.3) is 0 Å². The van der Waals surface area contributed by atoms with E-state index in [-0.39, 0.29) is 10.9 Å². The summed E-state index contributed by atoms with van der Waals surface area (Å²) in [7, 11) is 0. The van der Waals surface area contributed by atoms with E-state index in [0.717, 1.165) is 17.1 Å². The zero-order valence-electron chi connectivity index (χ0n) is 8.09. The molecule has 0 fully saturated rings. The van der Waals surface area contributed by atoms with Crippen molar-refractivity contribution in [3.63, 3.8) is 0 Å². The van der Waals surface area contributed by atoms with Crippen LogP contribution in [0.2, 0.25) is 5.02 Å². The van der Waals surface area contributed by atoms with E-state index in [2.05, 4.69) is 4.98 Å². The highest BCUT2D eigenvalue weighted by Crippen LogP contribution is 2.31. The van der Waals surface area contributed by atoms with Gasteiger partial charge in [-0.05, 0) is 18.2 Å². The minimum absolute atomic E-state index is 0.0114. The Bertz CT molecular complexity index is 587. The molecule has 0 atom stereocenters. The maximum atomic E-state index is 9.69. The monoisotopic (exact) mass is 254 g/mol. The maximum Gasteiger partial charge on any atom is 0.196 e. The van der Waals surface area contributed by atoms with Crippen molar-refractivity contribution in [2.75, 3.05) is 0 Å². The van der Waals surface area contributed by atoms with E-state index in [1.165, 1.54) is 6.08 Å². The number of fused-ring (bicyclic) bond motifs is 1. The topological polar surface area (TPSA) is 59.9 Å². The third-order valence-corrected chi connectivity index (χ3v) is 2.65. The molecule has 0 aliphatic rings. The molecule has 1 aromatic heterocycles. The first-order valence-corrected chi connectivity index (χ1v) is 5.25. The summed E-state index contributed by atoms with van der Waals surface area (Å²) in [5.41, 5.74) is 1.28. The second-order valence-electron chi connectivity index (χ2n) is 3.25. The molecule has 0 saturated heterocycles. The summed E-state index contributed by atoms with van der Waals surface area (Å²) >= 11 is 11.6. The minimum Gasteiger partial charge on any atom is -0.494 e. The minimum atomic E-state index is 0.0114. The molecule has 2 rings (SSSR count). The lowest BCUT2D eigenvalue weighted by molar-refractivity contribution is 0.457. The molecule has 82 valence electrons. The molecule has 0 spiro atoms. The van der Waals surface area contributed by atoms with E-state index in [1.54, 1.807) is 18.2 Å². The number of benzene rings is 1. The number of aromatic nitrogens is 1. The van der Waals surface area contributed by atoms with Crippen LogP contribution in [0.15, 0.2) is 23.2 Å². The Labute approximate surface area is 102 Å². The second kappa shape index (κ2) is 4.20. The average Bonchev–Trinajstić information content (AvgIpc) is 2.54. The van der Waals surface area contributed by atoms with Gasteiger partial charge in [0.15, 0.2) is 5.88 Å². The van der Waals surface area contributed by atoms with Crippen molar-refractivity contribution in [1.82, 2.24) is 4.98 Å². The van der Waals surface area contributed by atoms with Gasteiger partial charge in [-0.15, -0.1) is 0 Å². The quantitative estimate of drug-likeness (QED) is 0.703. The summed E-state index contributed by atoms with van der Waals surface area (Å²) in [6, 6.07) is 5.23. The third kappa shape index (κ3) is 1.92. The van der Waals surface area contributed by atoms with Gasteiger partial charge in [0.1, 0.15) is 0 Å². The first-order chi connectivity index (χ1) is 7.61. The van der Waals surface area contributed by atoms with Crippen molar-refractivity contribution < 1.29 is 5.11 Å². The highest BCUT2D eigenvalue weighted by Gasteiger charge is 2.09. The van der Waals surface area contributed by atoms with Gasteiger partial charge in [0.05, 0.1) is 10.5 Å². The third-order valence-electron chi connectivity index (χ3n) is 2.20. The molecule has 3 nitrogen and oxygen atoms in total. The molecule has 16 heavy (non-hydrogen) atoms. The lowest BCUT2D eigenvalue weighted by atomic mass is 10.1. The van der Waals surface area contributed by atoms with E-state index < -0.39 is 0 Å². The van der Waals surface area contributed by atoms with E-state index >= 15 is 0 Å². The Balaban J connectivity index is 2.69. The van der Waals surface area contributed by atoms with Gasteiger partial charge in [0.2, 0.25) is 0 Å². The summed E-state index contributed by atoms with van der Waals surface area (Å²) in [5, 5.41) is 18.3. The molecule has 0 bridgehead atoms. The molecule has 2 aromatic rings. The fourth-order valence-electron chi connectivity index (χ4n) is 1.50. The van der Waals surface area contributed by atoms with Crippen LogP contribution in [0.25, 0.3) is 17.0 Å². The highest BCUT2D eigenvalue weighted by atomic mass is 35.5. The van der Waals surface area contributed by atoms with Gasteiger partial charge < -0.3 is 15.5 Å². The average molecular weight is 255 g/mol. The van der Waals surface area contributed by atoms with Crippen LogP contribution >= 0.6 is 23.2 Å². The molecular weight excluding hydrogens is 247 g/mol. The second-order valence-corrected chi connectivity index (χ2v) is 4.12. The van der Waals surface area contributed by atoms with Gasteiger partial charge in [0, 0.05) is 22.2 Å². The number of nitrogens with one attached hydrogen (secondary N) is 2. The molecule has 0 unspecified atom stereocenters. The lowest BCUT2D eigenvalue weighted by Crippen LogP contribution is -1.74. The smallest absolute Gasteiger partial charge is 0.196 e. The van der Waals surface area contributed by atoms with Gasteiger partial charge >= 0.3 is 0 Å². The number of aromatic hydroxyl groups is 1. The fourth-order valence-corrected chi connectivity index (χ4v) is 1.78. The van der Waals surface area contributed by atoms with Crippen LogP contribution in [0.4, 0.5) is 0 Å². The summed E-state index contributed by atoms with van der Waals surface area (Å²) in [4.78, 5) is 2.79. The zero-order chi connectivity index (χ0) is 11.7. The Hall–Kier alpha value is -1.45. The van der Waals surface area contributed by atoms with Crippen molar-refractivity contribution in [2.45, 2.75) is 0 Å². The molecule has 0 saturated carbocycles. The SMILES string of the molecule is N=C/C(Cl)=C\c1c(O)[nH]c2cc(Cl)ccc12. The number of hydrogen-bond acceptors (Lipinski definition) is 2. The normalized spacial score (nSPS) is 12.0. The Morgan fingerprint density at radius 1 is 1.44 bits per heavy atom. The van der Waals surface area contributed by atoms with Crippen LogP contribution < -0.4 is 0 Å². The van der Waals surface area contributed by atoms with E-state index in [1.807, 2.05) is 0 Å². The molecule has 3 N–H and O–H groups in total. The van der Waals surface area contributed by atoms with Gasteiger partial charge in [-0.2, -0.15) is 0 Å². The summed E-state index contributed by atoms with van der Waals surface area (Å²) in [5.74, 6) is 0.0114. The molecule has 0 aliphatic carbocycles. The number of rotatable bonds is 2. The molecule has 1 heterocycles. The molecule has 1 aromatic carbocycles. The molecule has 0 amide bonds. The highest BCUT2D eigenvalue weighted by molar-refractivity contribution is 6.41. The fraction of sp³-hybridized carbons (Fsp3) is 0. The summed E-state index contributed by atoms with van der Waals surface area (Å²) in [6.45, 7) is 0. The summed E-state index contributed by atoms with van der Waals surface area (Å²) < 4.78 is 0. The first-order valence-electron chi connectivity index (χ1n) is 4.49. The van der Waals surface area contributed by atoms with Gasteiger partial charge in [-0.25, -0.2) is 0 Å². The molecule has 0 radical (unpaired) electrons. The Morgan fingerprint density at radius 3 is 2.88 bits per heavy atom. The largest absolute Gasteiger partial charge is 0.494 e. The van der Waals surface area contributed by atoms with Crippen molar-refractivity contribution in [2.24, 2.45) is 0 Å². The van der Waals surface area contributed by atoms with Gasteiger partial charge in [-0.1, -0.05) is 29.3 Å². The number of halogens is 2. The van der Waals surface area contributed by atoms with Crippen LogP contribution in [-0.4, -0.2) is 16.3 Å². The molecule has 0 aliphatic heterocycles. The van der Waals surface area contributed by atoms with Crippen molar-refractivity contribution >= 4 is 46.4 Å². The number of allylic oxidation sites excluding steroid dienone is 1. The van der Waals surface area contributed by atoms with E-state index in [0.29, 0.717) is 10.6 Å². The van der Waals surface area contributed by atoms with Crippen LogP contribution in [0, 0.1) is 5.41 Å². The number of hydrogen-bond donors (Lipinski definition) is 3. The summed E-state index contributed by atoms with van der Waals surface area (Å²) in [6.07, 6.45) is 2.53. The standard InChI is InChI=1S/C11H8Cl2N2O/c12-6-1-2-8-9(3-7(13)5-14)11(16)15-10(8)4-6/h1-5,14-16H/b7-3+,14-5?. The van der Waals surface area contributed by atoms with E-state index in [4.69, 9.17) is 28.6 Å². The molecule has 5 heteroatoms. The van der Waals surface area contributed by atoms with Crippen LogP contribution in [0.5, 0.6) is 5.88 Å². The predicted molar refractivity (Wildman–Crippen MR) is 67.6 cm³/mol. The number of H-pyrrole nitrogens is 1. The first kappa shape index (κ1) is 11.0. The van der Waals surface area contributed by atoms with Crippen LogP contribution in [0.3, 0.4) is 0 Å². The lowest BCUT2D eigenvalue weighted by Gasteiger charge is -1.93. The Kier molecular flexibility index (Phi) is 2.90. The Morgan fingerprint density at radius 2 is 2.19 bits per heavy atom. The van der Waals surface area contributed by atoms with Crippen molar-refractivity contribution in [1.29, 1.82) is 5.41 Å². The van der Waals surface area contributed by atoms with Crippen LogP contribution in [-0.2, 0) is 0 Å². The van der Waals surface area contributed by atoms with Crippen molar-refractivity contribution in [3.8, 4) is 5.88 Å². The number of aromatic amines is 1. The predicted octanol–water partition coefficient (Wildman–Crippen LogP) is 3.76. The molecular formula is C11H8Cl2N2O. The van der Waals surface area contributed by atoms with Crippen molar-refractivity contribution in [3.05, 3.63) is 33.8 Å². The van der Waals surface area contributed by atoms with Crippen LogP contribution in [0.1, 0.15) is 5.56 Å². The maximum absolute atomic E-state index is 9.69. The zero-order valence-corrected chi connectivity index (χ0v) is 9.60. The van der Waals surface area contributed by atoms with E-state index in [9.17, 15) is 5.11 Å². The van der Waals surface area contributed by atoms with Gasteiger partial charge in [-0.3, -0.25) is 0 Å².